The van der Waals surface area contributed by atoms with Crippen LogP contribution in [0.25, 0.3) is 10.8 Å². The van der Waals surface area contributed by atoms with Gasteiger partial charge in [0.15, 0.2) is 0 Å². The number of rotatable bonds is 5. The number of thiophene rings is 1. The summed E-state index contributed by atoms with van der Waals surface area (Å²) in [6, 6.07) is 12.5. The smallest absolute Gasteiger partial charge is 0.236 e. The van der Waals surface area contributed by atoms with Gasteiger partial charge in [-0.15, -0.1) is 36.2 Å². The van der Waals surface area contributed by atoms with Gasteiger partial charge in [-0.25, -0.2) is 4.98 Å². The topological polar surface area (TPSA) is 50.5 Å². The van der Waals surface area contributed by atoms with Crippen molar-refractivity contribution in [1.29, 1.82) is 0 Å². The van der Waals surface area contributed by atoms with Crippen LogP contribution in [0.15, 0.2) is 52.5 Å². The Labute approximate surface area is 175 Å². The molecule has 8 heteroatoms. The fourth-order valence-electron chi connectivity index (χ4n) is 3.29. The minimum absolute atomic E-state index is 0. The van der Waals surface area contributed by atoms with E-state index in [4.69, 9.17) is 9.15 Å². The highest BCUT2D eigenvalue weighted by Crippen LogP contribution is 2.31. The molecule has 0 saturated carbocycles. The Hall–Kier alpha value is -1.57. The van der Waals surface area contributed by atoms with Crippen molar-refractivity contribution in [3.8, 4) is 16.5 Å². The van der Waals surface area contributed by atoms with Gasteiger partial charge in [-0.1, -0.05) is 24.3 Å². The molecule has 3 aromatic rings. The summed E-state index contributed by atoms with van der Waals surface area (Å²) >= 11 is 1.64. The van der Waals surface area contributed by atoms with Crippen molar-refractivity contribution >= 4 is 36.2 Å². The molecule has 0 aliphatic carbocycles. The maximum absolute atomic E-state index is 5.67. The first-order valence-electron chi connectivity index (χ1n) is 8.41. The van der Waals surface area contributed by atoms with Crippen LogP contribution in [0.3, 0.4) is 0 Å². The van der Waals surface area contributed by atoms with Crippen molar-refractivity contribution in [2.75, 3.05) is 26.7 Å². The van der Waals surface area contributed by atoms with E-state index >= 15 is 0 Å². The highest BCUT2D eigenvalue weighted by atomic mass is 35.5. The van der Waals surface area contributed by atoms with Crippen molar-refractivity contribution in [2.45, 2.75) is 12.6 Å². The Morgan fingerprint density at radius 1 is 1.26 bits per heavy atom. The van der Waals surface area contributed by atoms with Crippen LogP contribution in [-0.2, 0) is 6.54 Å². The third kappa shape index (κ3) is 4.83. The molecule has 146 valence electrons. The highest BCUT2D eigenvalue weighted by Gasteiger charge is 2.27. The monoisotopic (exact) mass is 427 g/mol. The molecule has 1 N–H and O–H groups in total. The van der Waals surface area contributed by atoms with Gasteiger partial charge in [0.2, 0.25) is 5.89 Å². The summed E-state index contributed by atoms with van der Waals surface area (Å²) in [4.78, 5) is 8.17. The second-order valence-electron chi connectivity index (χ2n) is 6.05. The Morgan fingerprint density at radius 3 is 2.89 bits per heavy atom. The number of halogens is 2. The average Bonchev–Trinajstić information content (AvgIpc) is 3.34. The molecular formula is C19H23Cl2N3O2S. The second-order valence-corrected chi connectivity index (χ2v) is 7.00. The maximum Gasteiger partial charge on any atom is 0.236 e. The maximum atomic E-state index is 5.67. The molecule has 0 amide bonds. The number of hydrogen-bond donors (Lipinski definition) is 1. The number of para-hydroxylation sites is 1. The fraction of sp³-hybridized carbons (Fsp3) is 0.316. The summed E-state index contributed by atoms with van der Waals surface area (Å²) in [5.74, 6) is 1.63. The fourth-order valence-corrected chi connectivity index (χ4v) is 3.94. The number of benzene rings is 1. The zero-order valence-corrected chi connectivity index (χ0v) is 17.4. The van der Waals surface area contributed by atoms with Crippen LogP contribution in [0.2, 0.25) is 0 Å². The van der Waals surface area contributed by atoms with E-state index in [1.165, 1.54) is 5.56 Å². The van der Waals surface area contributed by atoms with E-state index < -0.39 is 0 Å². The van der Waals surface area contributed by atoms with Gasteiger partial charge in [0.1, 0.15) is 12.0 Å². The molecule has 0 bridgehead atoms. The predicted octanol–water partition coefficient (Wildman–Crippen LogP) is 4.40. The summed E-state index contributed by atoms with van der Waals surface area (Å²) in [5, 5.41) is 5.52. The molecule has 0 radical (unpaired) electrons. The Morgan fingerprint density at radius 2 is 2.11 bits per heavy atom. The number of oxazole rings is 1. The number of nitrogens with one attached hydrogen (secondary N) is 1. The summed E-state index contributed by atoms with van der Waals surface area (Å²) < 4.78 is 11.2. The summed E-state index contributed by atoms with van der Waals surface area (Å²) in [5.41, 5.74) is 2.17. The lowest BCUT2D eigenvalue weighted by atomic mass is 10.0. The van der Waals surface area contributed by atoms with E-state index in [0.717, 1.165) is 42.5 Å². The lowest BCUT2D eigenvalue weighted by Gasteiger charge is -2.36. The molecule has 1 aliphatic heterocycles. The van der Waals surface area contributed by atoms with Crippen LogP contribution in [0.4, 0.5) is 0 Å². The molecule has 1 unspecified atom stereocenters. The highest BCUT2D eigenvalue weighted by molar-refractivity contribution is 7.13. The average molecular weight is 428 g/mol. The molecule has 1 aromatic carbocycles. The van der Waals surface area contributed by atoms with Crippen molar-refractivity contribution in [1.82, 2.24) is 15.2 Å². The minimum atomic E-state index is 0. The van der Waals surface area contributed by atoms with Crippen LogP contribution in [0.1, 0.15) is 17.3 Å². The molecule has 1 fully saturated rings. The van der Waals surface area contributed by atoms with Crippen LogP contribution in [0.5, 0.6) is 5.75 Å². The SMILES string of the molecule is COc1ccccc1C1CNCCN1Cc1coc(-c2cccs2)n1.Cl.Cl. The first kappa shape index (κ1) is 21.7. The first-order chi connectivity index (χ1) is 12.3. The Kier molecular flexibility index (Phi) is 8.13. The van der Waals surface area contributed by atoms with Crippen LogP contribution >= 0.6 is 36.2 Å². The van der Waals surface area contributed by atoms with Crippen LogP contribution in [-0.4, -0.2) is 36.6 Å². The van der Waals surface area contributed by atoms with E-state index in [1.54, 1.807) is 24.7 Å². The van der Waals surface area contributed by atoms with Gasteiger partial charge in [0.05, 0.1) is 23.7 Å². The van der Waals surface area contributed by atoms with E-state index in [1.807, 2.05) is 29.6 Å². The summed E-state index contributed by atoms with van der Waals surface area (Å²) in [6.45, 7) is 3.60. The lowest BCUT2D eigenvalue weighted by Crippen LogP contribution is -2.45. The number of piperazine rings is 1. The third-order valence-electron chi connectivity index (χ3n) is 4.50. The summed E-state index contributed by atoms with van der Waals surface area (Å²) in [7, 11) is 1.73. The van der Waals surface area contributed by atoms with Crippen LogP contribution < -0.4 is 10.1 Å². The van der Waals surface area contributed by atoms with Gasteiger partial charge in [-0.3, -0.25) is 4.90 Å². The van der Waals surface area contributed by atoms with Gasteiger partial charge in [0, 0.05) is 31.7 Å². The van der Waals surface area contributed by atoms with Gasteiger partial charge in [-0.05, 0) is 17.5 Å². The molecule has 4 rings (SSSR count). The molecule has 2 aromatic heterocycles. The van der Waals surface area contributed by atoms with Crippen LogP contribution in [0, 0.1) is 0 Å². The molecule has 3 heterocycles. The number of aromatic nitrogens is 1. The molecule has 1 aliphatic rings. The predicted molar refractivity (Wildman–Crippen MR) is 113 cm³/mol. The quantitative estimate of drug-likeness (QED) is 0.653. The van der Waals surface area contributed by atoms with E-state index in [2.05, 4.69) is 27.3 Å². The molecule has 1 saturated heterocycles. The largest absolute Gasteiger partial charge is 0.496 e. The minimum Gasteiger partial charge on any atom is -0.496 e. The van der Waals surface area contributed by atoms with E-state index in [-0.39, 0.29) is 30.9 Å². The zero-order chi connectivity index (χ0) is 17.1. The number of methoxy groups -OCH3 is 1. The standard InChI is InChI=1S/C19H21N3O2S.2ClH/c1-23-17-6-3-2-5-15(17)16-11-20-8-9-22(16)12-14-13-24-19(21-14)18-7-4-10-25-18;;/h2-7,10,13,16,20H,8-9,11-12H2,1H3;2*1H. The molecule has 0 spiro atoms. The second kappa shape index (κ2) is 10.1. The third-order valence-corrected chi connectivity index (χ3v) is 5.36. The molecule has 1 atom stereocenters. The normalized spacial score (nSPS) is 17.0. The van der Waals surface area contributed by atoms with Crippen molar-refractivity contribution < 1.29 is 9.15 Å². The first-order valence-corrected chi connectivity index (χ1v) is 9.29. The molecule has 5 nitrogen and oxygen atoms in total. The van der Waals surface area contributed by atoms with Gasteiger partial charge < -0.3 is 14.5 Å². The molecule has 27 heavy (non-hydrogen) atoms. The Bertz CT molecular complexity index is 826. The molecular weight excluding hydrogens is 405 g/mol. The van der Waals surface area contributed by atoms with Crippen molar-refractivity contribution in [3.05, 3.63) is 59.3 Å². The van der Waals surface area contributed by atoms with Crippen molar-refractivity contribution in [2.24, 2.45) is 0 Å². The lowest BCUT2D eigenvalue weighted by molar-refractivity contribution is 0.149. The van der Waals surface area contributed by atoms with Gasteiger partial charge in [0.25, 0.3) is 0 Å². The van der Waals surface area contributed by atoms with Gasteiger partial charge >= 0.3 is 0 Å². The van der Waals surface area contributed by atoms with E-state index in [9.17, 15) is 0 Å². The number of nitrogens with zero attached hydrogens (tertiary/aromatic N) is 2. The summed E-state index contributed by atoms with van der Waals surface area (Å²) in [6.07, 6.45) is 1.77. The van der Waals surface area contributed by atoms with Crippen molar-refractivity contribution in [3.63, 3.8) is 0 Å². The van der Waals surface area contributed by atoms with E-state index in [0.29, 0.717) is 5.89 Å². The van der Waals surface area contributed by atoms with Gasteiger partial charge in [-0.2, -0.15) is 0 Å². The number of hydrogen-bond acceptors (Lipinski definition) is 6. The number of ether oxygens (including phenoxy) is 1. The Balaban J connectivity index is 0.00000131. The zero-order valence-electron chi connectivity index (χ0n) is 15.0.